The number of ether oxygens (including phenoxy) is 2. The van der Waals surface area contributed by atoms with Gasteiger partial charge >= 0.3 is 5.97 Å². The van der Waals surface area contributed by atoms with Crippen LogP contribution in [0.3, 0.4) is 0 Å². The molecule has 0 aromatic rings. The summed E-state index contributed by atoms with van der Waals surface area (Å²) in [4.78, 5) is 13.7. The molecule has 15 heavy (non-hydrogen) atoms. The van der Waals surface area contributed by atoms with Crippen LogP contribution in [0.5, 0.6) is 0 Å². The molecule has 1 aliphatic rings. The van der Waals surface area contributed by atoms with E-state index >= 15 is 0 Å². The van der Waals surface area contributed by atoms with Gasteiger partial charge < -0.3 is 9.47 Å². The van der Waals surface area contributed by atoms with Gasteiger partial charge in [0, 0.05) is 12.6 Å². The minimum Gasteiger partial charge on any atom is -0.468 e. The predicted octanol–water partition coefficient (Wildman–Crippen LogP) is 1.05. The molecular formula is C11H21NO3. The maximum absolute atomic E-state index is 11.5. The van der Waals surface area contributed by atoms with Crippen LogP contribution in [0.25, 0.3) is 0 Å². The Bertz CT molecular complexity index is 220. The maximum Gasteiger partial charge on any atom is 0.322 e. The van der Waals surface area contributed by atoms with Crippen molar-refractivity contribution in [2.75, 3.05) is 20.3 Å². The minimum absolute atomic E-state index is 0.164. The second-order valence-electron chi connectivity index (χ2n) is 4.10. The zero-order valence-electron chi connectivity index (χ0n) is 10.0. The second-order valence-corrected chi connectivity index (χ2v) is 4.10. The normalized spacial score (nSPS) is 29.9. The summed E-state index contributed by atoms with van der Waals surface area (Å²) in [5.41, 5.74) is 0. The number of rotatable bonds is 3. The van der Waals surface area contributed by atoms with Crippen molar-refractivity contribution in [3.63, 3.8) is 0 Å². The van der Waals surface area contributed by atoms with Crippen LogP contribution in [-0.2, 0) is 14.3 Å². The van der Waals surface area contributed by atoms with Crippen LogP contribution in [0, 0.1) is 0 Å². The number of carbonyl (C=O) groups excluding carboxylic acids is 1. The summed E-state index contributed by atoms with van der Waals surface area (Å²) in [7, 11) is 1.43. The van der Waals surface area contributed by atoms with Gasteiger partial charge in [-0.1, -0.05) is 6.92 Å². The third-order valence-corrected chi connectivity index (χ3v) is 3.02. The summed E-state index contributed by atoms with van der Waals surface area (Å²) in [6.45, 7) is 7.55. The van der Waals surface area contributed by atoms with E-state index in [9.17, 15) is 4.79 Å². The van der Waals surface area contributed by atoms with E-state index in [4.69, 9.17) is 9.47 Å². The lowest BCUT2D eigenvalue weighted by molar-refractivity contribution is -0.152. The molecule has 0 aromatic heterocycles. The number of methoxy groups -OCH3 is 1. The molecule has 1 heterocycles. The van der Waals surface area contributed by atoms with E-state index in [1.807, 2.05) is 13.8 Å². The van der Waals surface area contributed by atoms with Gasteiger partial charge in [0.15, 0.2) is 0 Å². The van der Waals surface area contributed by atoms with Crippen LogP contribution in [-0.4, -0.2) is 49.3 Å². The summed E-state index contributed by atoms with van der Waals surface area (Å²) in [5, 5.41) is 0. The zero-order chi connectivity index (χ0) is 11.4. The van der Waals surface area contributed by atoms with Crippen LogP contribution < -0.4 is 0 Å². The average Bonchev–Trinajstić information content (AvgIpc) is 2.27. The van der Waals surface area contributed by atoms with E-state index in [0.717, 1.165) is 13.0 Å². The Balaban J connectivity index is 2.65. The van der Waals surface area contributed by atoms with Crippen molar-refractivity contribution < 1.29 is 14.3 Å². The molecule has 0 aliphatic carbocycles. The maximum atomic E-state index is 11.5. The Morgan fingerprint density at radius 1 is 1.67 bits per heavy atom. The molecule has 1 fully saturated rings. The molecule has 3 unspecified atom stereocenters. The molecule has 88 valence electrons. The Morgan fingerprint density at radius 3 is 2.87 bits per heavy atom. The third kappa shape index (κ3) is 2.92. The summed E-state index contributed by atoms with van der Waals surface area (Å²) in [6, 6.07) is 0.154. The topological polar surface area (TPSA) is 38.8 Å². The number of hydrogen-bond acceptors (Lipinski definition) is 4. The van der Waals surface area contributed by atoms with Crippen molar-refractivity contribution in [2.24, 2.45) is 0 Å². The Morgan fingerprint density at radius 2 is 2.33 bits per heavy atom. The highest BCUT2D eigenvalue weighted by Gasteiger charge is 2.32. The molecule has 1 aliphatic heterocycles. The quantitative estimate of drug-likeness (QED) is 0.660. The monoisotopic (exact) mass is 215 g/mol. The molecule has 4 heteroatoms. The van der Waals surface area contributed by atoms with Gasteiger partial charge in [0.2, 0.25) is 0 Å². The van der Waals surface area contributed by atoms with Crippen LogP contribution in [0.15, 0.2) is 0 Å². The fourth-order valence-corrected chi connectivity index (χ4v) is 2.00. The number of hydrogen-bond donors (Lipinski definition) is 0. The van der Waals surface area contributed by atoms with Gasteiger partial charge in [-0.15, -0.1) is 0 Å². The van der Waals surface area contributed by atoms with E-state index in [1.54, 1.807) is 0 Å². The first-order valence-corrected chi connectivity index (χ1v) is 5.55. The van der Waals surface area contributed by atoms with E-state index < -0.39 is 0 Å². The van der Waals surface area contributed by atoms with Crippen molar-refractivity contribution in [3.05, 3.63) is 0 Å². The van der Waals surface area contributed by atoms with E-state index in [2.05, 4.69) is 11.8 Å². The first-order chi connectivity index (χ1) is 7.10. The Kier molecular flexibility index (Phi) is 4.54. The van der Waals surface area contributed by atoms with Crippen LogP contribution in [0.1, 0.15) is 27.2 Å². The average molecular weight is 215 g/mol. The highest BCUT2D eigenvalue weighted by atomic mass is 16.5. The molecular weight excluding hydrogens is 194 g/mol. The number of nitrogens with zero attached hydrogens (tertiary/aromatic N) is 1. The van der Waals surface area contributed by atoms with Crippen molar-refractivity contribution >= 4 is 5.97 Å². The number of esters is 1. The SMILES string of the molecule is CCC1COC(C)CN1C(C)C(=O)OC. The lowest BCUT2D eigenvalue weighted by Crippen LogP contribution is -2.54. The Hall–Kier alpha value is -0.610. The molecule has 0 radical (unpaired) electrons. The smallest absolute Gasteiger partial charge is 0.322 e. The highest BCUT2D eigenvalue weighted by molar-refractivity contribution is 5.75. The zero-order valence-corrected chi connectivity index (χ0v) is 10.0. The van der Waals surface area contributed by atoms with Gasteiger partial charge in [-0.2, -0.15) is 0 Å². The molecule has 0 amide bonds. The van der Waals surface area contributed by atoms with Crippen molar-refractivity contribution in [3.8, 4) is 0 Å². The van der Waals surface area contributed by atoms with Gasteiger partial charge in [0.25, 0.3) is 0 Å². The molecule has 1 rings (SSSR count). The molecule has 0 aromatic carbocycles. The lowest BCUT2D eigenvalue weighted by Gasteiger charge is -2.40. The molecule has 4 nitrogen and oxygen atoms in total. The molecule has 3 atom stereocenters. The van der Waals surface area contributed by atoms with Crippen molar-refractivity contribution in [1.82, 2.24) is 4.90 Å². The molecule has 0 N–H and O–H groups in total. The van der Waals surface area contributed by atoms with E-state index in [1.165, 1.54) is 7.11 Å². The van der Waals surface area contributed by atoms with Gasteiger partial charge in [-0.3, -0.25) is 9.69 Å². The van der Waals surface area contributed by atoms with Gasteiger partial charge in [-0.05, 0) is 20.3 Å². The number of morpholine rings is 1. The first-order valence-electron chi connectivity index (χ1n) is 5.55. The van der Waals surface area contributed by atoms with E-state index in [0.29, 0.717) is 12.6 Å². The molecule has 0 saturated carbocycles. The van der Waals surface area contributed by atoms with Gasteiger partial charge in [0.1, 0.15) is 6.04 Å². The molecule has 0 bridgehead atoms. The largest absolute Gasteiger partial charge is 0.468 e. The van der Waals surface area contributed by atoms with Crippen molar-refractivity contribution in [1.29, 1.82) is 0 Å². The van der Waals surface area contributed by atoms with Gasteiger partial charge in [-0.25, -0.2) is 0 Å². The highest BCUT2D eigenvalue weighted by Crippen LogP contribution is 2.17. The van der Waals surface area contributed by atoms with Crippen molar-refractivity contribution in [2.45, 2.75) is 45.4 Å². The standard InChI is InChI=1S/C11H21NO3/c1-5-10-7-15-8(2)6-12(10)9(3)11(13)14-4/h8-10H,5-7H2,1-4H3. The summed E-state index contributed by atoms with van der Waals surface area (Å²) in [6.07, 6.45) is 1.19. The lowest BCUT2D eigenvalue weighted by atomic mass is 10.1. The fourth-order valence-electron chi connectivity index (χ4n) is 2.00. The second kappa shape index (κ2) is 5.47. The molecule has 0 spiro atoms. The van der Waals surface area contributed by atoms with Gasteiger partial charge in [0.05, 0.1) is 19.8 Å². The van der Waals surface area contributed by atoms with Crippen LogP contribution in [0.4, 0.5) is 0 Å². The summed E-state index contributed by atoms with van der Waals surface area (Å²) < 4.78 is 10.4. The minimum atomic E-state index is -0.175. The summed E-state index contributed by atoms with van der Waals surface area (Å²) >= 11 is 0. The predicted molar refractivity (Wildman–Crippen MR) is 57.7 cm³/mol. The van der Waals surface area contributed by atoms with E-state index in [-0.39, 0.29) is 18.1 Å². The first kappa shape index (κ1) is 12.5. The molecule has 1 saturated heterocycles. The summed E-state index contributed by atoms with van der Waals surface area (Å²) in [5.74, 6) is -0.164. The van der Waals surface area contributed by atoms with Crippen LogP contribution in [0.2, 0.25) is 0 Å². The number of carbonyl (C=O) groups is 1. The third-order valence-electron chi connectivity index (χ3n) is 3.02. The fraction of sp³-hybridized carbons (Fsp3) is 0.909. The van der Waals surface area contributed by atoms with Crippen LogP contribution >= 0.6 is 0 Å². The Labute approximate surface area is 91.5 Å².